The average Bonchev–Trinajstić information content (AvgIpc) is 3.20. The van der Waals surface area contributed by atoms with Crippen molar-refractivity contribution in [2.75, 3.05) is 13.1 Å². The normalized spacial score (nSPS) is 22.6. The lowest BCUT2D eigenvalue weighted by Crippen LogP contribution is -2.36. The molecule has 5 nitrogen and oxygen atoms in total. The highest BCUT2D eigenvalue weighted by Gasteiger charge is 2.30. The van der Waals surface area contributed by atoms with Crippen LogP contribution in [0.25, 0.3) is 0 Å². The summed E-state index contributed by atoms with van der Waals surface area (Å²) in [7, 11) is 2.10. The molecule has 0 radical (unpaired) electrons. The van der Waals surface area contributed by atoms with Crippen molar-refractivity contribution in [3.63, 3.8) is 0 Å². The van der Waals surface area contributed by atoms with Crippen molar-refractivity contribution in [2.45, 2.75) is 51.6 Å². The number of likely N-dealkylation sites (tertiary alicyclic amines) is 1. The molecule has 0 amide bonds. The van der Waals surface area contributed by atoms with E-state index in [-0.39, 0.29) is 0 Å². The van der Waals surface area contributed by atoms with E-state index in [9.17, 15) is 0 Å². The predicted molar refractivity (Wildman–Crippen MR) is 90.1 cm³/mol. The van der Waals surface area contributed by atoms with Crippen molar-refractivity contribution in [2.24, 2.45) is 13.0 Å². The summed E-state index contributed by atoms with van der Waals surface area (Å²) in [6.45, 7) is 6.68. The van der Waals surface area contributed by atoms with Crippen LogP contribution < -0.4 is 0 Å². The Hall–Kier alpha value is -1.62. The van der Waals surface area contributed by atoms with Gasteiger partial charge in [-0.15, -0.1) is 0 Å². The molecule has 2 aliphatic rings. The van der Waals surface area contributed by atoms with E-state index in [1.165, 1.54) is 50.0 Å². The fourth-order valence-corrected chi connectivity index (χ4v) is 4.06. The van der Waals surface area contributed by atoms with Gasteiger partial charge < -0.3 is 4.57 Å². The zero-order valence-electron chi connectivity index (χ0n) is 14.3. The molecule has 23 heavy (non-hydrogen) atoms. The molecule has 0 bridgehead atoms. The molecule has 3 heterocycles. The maximum Gasteiger partial charge on any atom is 0.105 e. The van der Waals surface area contributed by atoms with Gasteiger partial charge in [0.05, 0.1) is 6.20 Å². The predicted octanol–water partition coefficient (Wildman–Crippen LogP) is 2.71. The van der Waals surface area contributed by atoms with Crippen LogP contribution in [-0.4, -0.2) is 37.3 Å². The Morgan fingerprint density at radius 2 is 2.13 bits per heavy atom. The number of aryl methyl sites for hydroxylation is 2. The first-order valence-electron chi connectivity index (χ1n) is 8.91. The first-order valence-corrected chi connectivity index (χ1v) is 8.91. The minimum Gasteiger partial charge on any atom is -0.335 e. The summed E-state index contributed by atoms with van der Waals surface area (Å²) in [5.41, 5.74) is 2.94. The Labute approximate surface area is 138 Å². The minimum atomic E-state index is 0.734. The van der Waals surface area contributed by atoms with Crippen LogP contribution in [-0.2, 0) is 20.1 Å². The smallest absolute Gasteiger partial charge is 0.105 e. The molecule has 0 unspecified atom stereocenters. The Kier molecular flexibility index (Phi) is 3.97. The van der Waals surface area contributed by atoms with Gasteiger partial charge in [0.1, 0.15) is 5.82 Å². The second-order valence-electron chi connectivity index (χ2n) is 7.32. The van der Waals surface area contributed by atoms with Gasteiger partial charge in [0.25, 0.3) is 0 Å². The first kappa shape index (κ1) is 14.9. The van der Waals surface area contributed by atoms with E-state index in [4.69, 9.17) is 0 Å². The molecular formula is C18H27N5. The van der Waals surface area contributed by atoms with Gasteiger partial charge in [0.2, 0.25) is 0 Å². The fourth-order valence-electron chi connectivity index (χ4n) is 4.06. The summed E-state index contributed by atoms with van der Waals surface area (Å²) in [6, 6.07) is 0. The third-order valence-corrected chi connectivity index (χ3v) is 5.40. The van der Waals surface area contributed by atoms with Gasteiger partial charge in [-0.25, -0.2) is 4.98 Å². The summed E-state index contributed by atoms with van der Waals surface area (Å²) in [6.07, 6.45) is 11.4. The van der Waals surface area contributed by atoms with E-state index >= 15 is 0 Å². The van der Waals surface area contributed by atoms with Crippen molar-refractivity contribution in [3.8, 4) is 0 Å². The third-order valence-electron chi connectivity index (χ3n) is 5.40. The van der Waals surface area contributed by atoms with E-state index < -0.39 is 0 Å². The highest BCUT2D eigenvalue weighted by Crippen LogP contribution is 2.41. The van der Waals surface area contributed by atoms with Gasteiger partial charge in [-0.2, -0.15) is 5.10 Å². The highest BCUT2D eigenvalue weighted by molar-refractivity contribution is 5.25. The minimum absolute atomic E-state index is 0.734. The topological polar surface area (TPSA) is 38.9 Å². The summed E-state index contributed by atoms with van der Waals surface area (Å²) in [5, 5.41) is 4.51. The molecule has 124 valence electrons. The van der Waals surface area contributed by atoms with Crippen molar-refractivity contribution >= 4 is 0 Å². The zero-order chi connectivity index (χ0) is 15.8. The highest BCUT2D eigenvalue weighted by atomic mass is 15.3. The lowest BCUT2D eigenvalue weighted by atomic mass is 9.97. The molecule has 4 rings (SSSR count). The average molecular weight is 313 g/mol. The van der Waals surface area contributed by atoms with Crippen molar-refractivity contribution in [3.05, 3.63) is 35.7 Å². The molecule has 1 atom stereocenters. The van der Waals surface area contributed by atoms with Crippen LogP contribution in [0, 0.1) is 12.8 Å². The Morgan fingerprint density at radius 1 is 1.26 bits per heavy atom. The van der Waals surface area contributed by atoms with Crippen molar-refractivity contribution in [1.29, 1.82) is 0 Å². The quantitative estimate of drug-likeness (QED) is 0.852. The monoisotopic (exact) mass is 313 g/mol. The van der Waals surface area contributed by atoms with Gasteiger partial charge in [0.15, 0.2) is 0 Å². The second-order valence-corrected chi connectivity index (χ2v) is 7.32. The molecule has 5 heteroatoms. The Morgan fingerprint density at radius 3 is 2.87 bits per heavy atom. The lowest BCUT2D eigenvalue weighted by Gasteiger charge is -2.33. The van der Waals surface area contributed by atoms with Gasteiger partial charge in [-0.1, -0.05) is 0 Å². The molecule has 2 aromatic heterocycles. The van der Waals surface area contributed by atoms with Crippen LogP contribution in [0.3, 0.4) is 0 Å². The lowest BCUT2D eigenvalue weighted by molar-refractivity contribution is 0.155. The van der Waals surface area contributed by atoms with E-state index in [1.54, 1.807) is 0 Å². The molecule has 1 saturated carbocycles. The van der Waals surface area contributed by atoms with Crippen LogP contribution in [0.1, 0.15) is 48.7 Å². The van der Waals surface area contributed by atoms with Gasteiger partial charge >= 0.3 is 0 Å². The van der Waals surface area contributed by atoms with E-state index in [1.807, 2.05) is 6.20 Å². The molecule has 0 aromatic carbocycles. The molecule has 0 N–H and O–H groups in total. The number of hydrogen-bond acceptors (Lipinski definition) is 3. The first-order chi connectivity index (χ1) is 11.2. The summed E-state index contributed by atoms with van der Waals surface area (Å²) < 4.78 is 4.40. The number of piperidine rings is 1. The van der Waals surface area contributed by atoms with E-state index in [2.05, 4.69) is 50.6 Å². The van der Waals surface area contributed by atoms with Crippen molar-refractivity contribution < 1.29 is 0 Å². The molecule has 1 aliphatic carbocycles. The Bertz CT molecular complexity index is 667. The number of nitrogens with zero attached hydrogens (tertiary/aromatic N) is 5. The van der Waals surface area contributed by atoms with Crippen LogP contribution >= 0.6 is 0 Å². The number of hydrogen-bond donors (Lipinski definition) is 0. The largest absolute Gasteiger partial charge is 0.335 e. The van der Waals surface area contributed by atoms with Gasteiger partial charge in [-0.05, 0) is 45.1 Å². The number of imidazole rings is 1. The summed E-state index contributed by atoms with van der Waals surface area (Å²) >= 11 is 0. The van der Waals surface area contributed by atoms with Gasteiger partial charge in [0, 0.05) is 56.3 Å². The molecular weight excluding hydrogens is 286 g/mol. The van der Waals surface area contributed by atoms with Crippen LogP contribution in [0.4, 0.5) is 0 Å². The van der Waals surface area contributed by atoms with Crippen LogP contribution in [0.5, 0.6) is 0 Å². The maximum absolute atomic E-state index is 4.51. The van der Waals surface area contributed by atoms with Crippen LogP contribution in [0.15, 0.2) is 18.6 Å². The summed E-state index contributed by atoms with van der Waals surface area (Å²) in [4.78, 5) is 6.98. The molecule has 1 saturated heterocycles. The fraction of sp³-hybridized carbons (Fsp3) is 0.667. The molecule has 1 aliphatic heterocycles. The van der Waals surface area contributed by atoms with Gasteiger partial charge in [-0.3, -0.25) is 9.58 Å². The number of rotatable bonds is 5. The SMILES string of the molecule is Cc1nccn1C[C@H]1CCCN(Cc2cnn(C)c2C2CC2)C1. The Balaban J connectivity index is 1.41. The van der Waals surface area contributed by atoms with Crippen LogP contribution in [0.2, 0.25) is 0 Å². The van der Waals surface area contributed by atoms with Crippen molar-refractivity contribution in [1.82, 2.24) is 24.2 Å². The standard InChI is InChI=1S/C18H27N5/c1-14-19-7-9-23(14)12-15-4-3-8-22(11-15)13-17-10-20-21(2)18(17)16-5-6-16/h7,9-10,15-16H,3-6,8,11-13H2,1-2H3/t15-/m0/s1. The number of aromatic nitrogens is 4. The van der Waals surface area contributed by atoms with E-state index in [0.29, 0.717) is 0 Å². The summed E-state index contributed by atoms with van der Waals surface area (Å²) in [5.74, 6) is 2.63. The molecule has 2 fully saturated rings. The maximum atomic E-state index is 4.51. The molecule has 2 aromatic rings. The second kappa shape index (κ2) is 6.11. The third kappa shape index (κ3) is 3.20. The zero-order valence-corrected chi connectivity index (χ0v) is 14.3. The van der Waals surface area contributed by atoms with E-state index in [0.717, 1.165) is 30.7 Å². The molecule has 0 spiro atoms.